The van der Waals surface area contributed by atoms with Gasteiger partial charge in [0.05, 0.1) is 0 Å². The predicted octanol–water partition coefficient (Wildman–Crippen LogP) is 7.11. The largest absolute Gasteiger partial charge is 0.0620 e. The second-order valence-corrected chi connectivity index (χ2v) is 11.7. The fourth-order valence-electron chi connectivity index (χ4n) is 8.98. The van der Waals surface area contributed by atoms with E-state index in [1.165, 1.54) is 38.5 Å². The van der Waals surface area contributed by atoms with Crippen molar-refractivity contribution in [2.75, 3.05) is 0 Å². The summed E-state index contributed by atoms with van der Waals surface area (Å²) in [6, 6.07) is 9.78. The molecule has 6 aliphatic rings. The zero-order chi connectivity index (χ0) is 18.5. The summed E-state index contributed by atoms with van der Waals surface area (Å²) >= 11 is 0. The van der Waals surface area contributed by atoms with Gasteiger partial charge in [-0.25, -0.2) is 0 Å². The van der Waals surface area contributed by atoms with E-state index in [1.54, 1.807) is 11.1 Å². The van der Waals surface area contributed by atoms with Crippen molar-refractivity contribution < 1.29 is 0 Å². The molecule has 6 fully saturated rings. The highest BCUT2D eigenvalue weighted by Crippen LogP contribution is 2.75. The molecule has 1 aromatic rings. The quantitative estimate of drug-likeness (QED) is 0.533. The van der Waals surface area contributed by atoms with Crippen LogP contribution in [0.25, 0.3) is 0 Å². The maximum absolute atomic E-state index is 2.59. The molecule has 0 spiro atoms. The van der Waals surface area contributed by atoms with Crippen molar-refractivity contribution in [1.29, 1.82) is 0 Å². The summed E-state index contributed by atoms with van der Waals surface area (Å²) in [5.74, 6) is 3.52. The van der Waals surface area contributed by atoms with Crippen LogP contribution in [0.15, 0.2) is 24.3 Å². The molecule has 6 unspecified atom stereocenters. The molecule has 0 aromatic heterocycles. The van der Waals surface area contributed by atoms with Gasteiger partial charge in [0.2, 0.25) is 0 Å². The van der Waals surface area contributed by atoms with Crippen LogP contribution >= 0.6 is 0 Å². The predicted molar refractivity (Wildman–Crippen MR) is 110 cm³/mol. The zero-order valence-electron chi connectivity index (χ0n) is 17.9. The Morgan fingerprint density at radius 1 is 0.654 bits per heavy atom. The van der Waals surface area contributed by atoms with Gasteiger partial charge in [-0.3, -0.25) is 0 Å². The van der Waals surface area contributed by atoms with Gasteiger partial charge in [-0.1, -0.05) is 65.8 Å². The van der Waals surface area contributed by atoms with Crippen LogP contribution < -0.4 is 0 Å². The van der Waals surface area contributed by atoms with E-state index in [-0.39, 0.29) is 0 Å². The molecule has 6 atom stereocenters. The average Bonchev–Trinajstić information content (AvgIpc) is 2.61. The van der Waals surface area contributed by atoms with Crippen LogP contribution in [-0.4, -0.2) is 0 Å². The lowest BCUT2D eigenvalue weighted by molar-refractivity contribution is -0.149. The number of fused-ring (bicyclic) bond motifs is 4. The summed E-state index contributed by atoms with van der Waals surface area (Å²) < 4.78 is 0. The molecule has 26 heavy (non-hydrogen) atoms. The van der Waals surface area contributed by atoms with Gasteiger partial charge in [-0.2, -0.15) is 0 Å². The van der Waals surface area contributed by atoms with Gasteiger partial charge in [0.15, 0.2) is 0 Å². The molecule has 0 amide bonds. The van der Waals surface area contributed by atoms with Crippen molar-refractivity contribution in [1.82, 2.24) is 0 Å². The minimum atomic E-state index is 0.416. The lowest BCUT2D eigenvalue weighted by Gasteiger charge is -2.73. The summed E-state index contributed by atoms with van der Waals surface area (Å²) in [7, 11) is 0. The molecule has 0 saturated heterocycles. The fraction of sp³-hybridized carbons (Fsp3) is 0.769. The molecular weight excluding hydrogens is 312 g/mol. The maximum atomic E-state index is 2.59. The van der Waals surface area contributed by atoms with Crippen LogP contribution in [-0.2, 0) is 10.8 Å². The number of rotatable bonds is 2. The van der Waals surface area contributed by atoms with Crippen LogP contribution in [0.2, 0.25) is 0 Å². The van der Waals surface area contributed by atoms with Crippen LogP contribution in [0.4, 0.5) is 0 Å². The van der Waals surface area contributed by atoms with Gasteiger partial charge in [-0.15, -0.1) is 0 Å². The van der Waals surface area contributed by atoms with Crippen molar-refractivity contribution in [3.05, 3.63) is 35.4 Å². The molecule has 4 bridgehead atoms. The molecular formula is C26H38. The van der Waals surface area contributed by atoms with E-state index in [9.17, 15) is 0 Å². The lowest BCUT2D eigenvalue weighted by Crippen LogP contribution is -2.68. The summed E-state index contributed by atoms with van der Waals surface area (Å²) in [6.45, 7) is 15.5. The van der Waals surface area contributed by atoms with Crippen LogP contribution in [0, 0.1) is 34.5 Å². The van der Waals surface area contributed by atoms with E-state index >= 15 is 0 Å². The highest BCUT2D eigenvalue weighted by Gasteiger charge is 2.69. The van der Waals surface area contributed by atoms with Crippen LogP contribution in [0.1, 0.15) is 91.2 Å². The first-order chi connectivity index (χ1) is 12.2. The van der Waals surface area contributed by atoms with E-state index in [1.807, 2.05) is 0 Å². The minimum absolute atomic E-state index is 0.416. The smallest absolute Gasteiger partial charge is 0.00381 e. The Balaban J connectivity index is 1.71. The Hall–Kier alpha value is -0.780. The van der Waals surface area contributed by atoms with Crippen LogP contribution in [0.3, 0.4) is 0 Å². The second-order valence-electron chi connectivity index (χ2n) is 11.7. The maximum Gasteiger partial charge on any atom is 0.00381 e. The second kappa shape index (κ2) is 4.98. The Morgan fingerprint density at radius 3 is 1.35 bits per heavy atom. The SMILES string of the molecule is CC1CCC2CC1(c1ccccc1C13CC(CCC1C)C3(C)C)C2(C)C. The summed E-state index contributed by atoms with van der Waals surface area (Å²) in [4.78, 5) is 0. The number of hydrogen-bond acceptors (Lipinski definition) is 0. The normalized spacial score (nSPS) is 47.6. The van der Waals surface area contributed by atoms with Crippen molar-refractivity contribution in [3.8, 4) is 0 Å². The highest BCUT2D eigenvalue weighted by atomic mass is 14.7. The van der Waals surface area contributed by atoms with Gasteiger partial charge in [0.25, 0.3) is 0 Å². The molecule has 6 saturated carbocycles. The first-order valence-corrected chi connectivity index (χ1v) is 11.3. The zero-order valence-corrected chi connectivity index (χ0v) is 17.9. The molecule has 7 rings (SSSR count). The molecule has 6 aliphatic carbocycles. The standard InChI is InChI=1S/C26H38/c1-17-11-13-19-15-25(17,23(19,3)4)21-9-7-8-10-22(21)26-16-20(24(26,5)6)14-12-18(26)2/h7-10,17-20H,11-16H2,1-6H3. The van der Waals surface area contributed by atoms with Crippen LogP contribution in [0.5, 0.6) is 0 Å². The lowest BCUT2D eigenvalue weighted by atomic mass is 9.31. The fourth-order valence-corrected chi connectivity index (χ4v) is 8.98. The Kier molecular flexibility index (Phi) is 3.32. The van der Waals surface area contributed by atoms with Gasteiger partial charge in [0, 0.05) is 10.8 Å². The van der Waals surface area contributed by atoms with Gasteiger partial charge < -0.3 is 0 Å². The number of hydrogen-bond donors (Lipinski definition) is 0. The molecule has 0 heteroatoms. The topological polar surface area (TPSA) is 0 Å². The minimum Gasteiger partial charge on any atom is -0.0620 e. The van der Waals surface area contributed by atoms with E-state index in [0.29, 0.717) is 21.7 Å². The Morgan fingerprint density at radius 2 is 1.04 bits per heavy atom. The molecule has 142 valence electrons. The number of benzene rings is 1. The van der Waals surface area contributed by atoms with Gasteiger partial charge >= 0.3 is 0 Å². The first-order valence-electron chi connectivity index (χ1n) is 11.3. The van der Waals surface area contributed by atoms with Crippen molar-refractivity contribution in [2.45, 2.75) is 90.9 Å². The van der Waals surface area contributed by atoms with Crippen molar-refractivity contribution in [3.63, 3.8) is 0 Å². The third-order valence-electron chi connectivity index (χ3n) is 10.9. The summed E-state index contributed by atoms with van der Waals surface area (Å²) in [6.07, 6.45) is 8.63. The monoisotopic (exact) mass is 350 g/mol. The molecule has 0 heterocycles. The van der Waals surface area contributed by atoms with Crippen molar-refractivity contribution in [2.24, 2.45) is 34.5 Å². The molecule has 0 radical (unpaired) electrons. The third kappa shape index (κ3) is 1.62. The Labute approximate surface area is 161 Å². The third-order valence-corrected chi connectivity index (χ3v) is 10.9. The highest BCUT2D eigenvalue weighted by molar-refractivity contribution is 5.49. The average molecular weight is 351 g/mol. The van der Waals surface area contributed by atoms with E-state index in [0.717, 1.165) is 23.7 Å². The molecule has 0 N–H and O–H groups in total. The summed E-state index contributed by atoms with van der Waals surface area (Å²) in [5, 5.41) is 0. The first kappa shape index (κ1) is 17.3. The van der Waals surface area contributed by atoms with Gasteiger partial charge in [-0.05, 0) is 84.2 Å². The van der Waals surface area contributed by atoms with E-state index in [2.05, 4.69) is 65.8 Å². The van der Waals surface area contributed by atoms with Crippen molar-refractivity contribution >= 4 is 0 Å². The Bertz CT molecular complexity index is 677. The summed E-state index contributed by atoms with van der Waals surface area (Å²) in [5.41, 5.74) is 5.27. The van der Waals surface area contributed by atoms with E-state index in [4.69, 9.17) is 0 Å². The van der Waals surface area contributed by atoms with E-state index < -0.39 is 0 Å². The molecule has 0 aliphatic heterocycles. The van der Waals surface area contributed by atoms with Gasteiger partial charge in [0.1, 0.15) is 0 Å². The molecule has 0 nitrogen and oxygen atoms in total. The molecule has 1 aromatic carbocycles.